The molecule has 0 spiro atoms. The molecule has 1 aliphatic heterocycles. The molecule has 1 aromatic carbocycles. The van der Waals surface area contributed by atoms with E-state index >= 15 is 0 Å². The quantitative estimate of drug-likeness (QED) is 0.921. The Morgan fingerprint density at radius 1 is 1.20 bits per heavy atom. The number of hydrogen-bond acceptors (Lipinski definition) is 2. The molecule has 1 N–H and O–H groups in total. The van der Waals surface area contributed by atoms with Crippen LogP contribution in [0.4, 0.5) is 4.79 Å². The van der Waals surface area contributed by atoms with Gasteiger partial charge in [-0.1, -0.05) is 45.0 Å². The topological polar surface area (TPSA) is 43.8 Å². The number of carbonyl (C=O) groups excluding carboxylic acids is 1. The highest BCUT2D eigenvalue weighted by atomic mass is 16.3. The van der Waals surface area contributed by atoms with Crippen molar-refractivity contribution in [3.63, 3.8) is 0 Å². The zero-order valence-corrected chi connectivity index (χ0v) is 12.8. The number of likely N-dealkylation sites (N-methyl/N-ethyl adjacent to an activating group) is 1. The van der Waals surface area contributed by atoms with E-state index < -0.39 is 6.10 Å². The Morgan fingerprint density at radius 2 is 1.80 bits per heavy atom. The predicted molar refractivity (Wildman–Crippen MR) is 79.7 cm³/mol. The van der Waals surface area contributed by atoms with Crippen LogP contribution in [0.1, 0.15) is 38.0 Å². The fraction of sp³-hybridized carbons (Fsp3) is 0.562. The number of urea groups is 1. The van der Waals surface area contributed by atoms with Gasteiger partial charge in [-0.3, -0.25) is 0 Å². The maximum absolute atomic E-state index is 11.8. The SMILES string of the molecule is CN1CCN(CC(O)c2ccc(C(C)(C)C)cc2)C1=O. The average molecular weight is 276 g/mol. The number of amides is 2. The maximum atomic E-state index is 11.8. The van der Waals surface area contributed by atoms with Crippen LogP contribution in [0.15, 0.2) is 24.3 Å². The summed E-state index contributed by atoms with van der Waals surface area (Å²) in [4.78, 5) is 15.2. The van der Waals surface area contributed by atoms with Crippen molar-refractivity contribution < 1.29 is 9.90 Å². The smallest absolute Gasteiger partial charge is 0.319 e. The molecule has 0 aliphatic carbocycles. The summed E-state index contributed by atoms with van der Waals surface area (Å²) >= 11 is 0. The van der Waals surface area contributed by atoms with Gasteiger partial charge in [-0.05, 0) is 16.5 Å². The van der Waals surface area contributed by atoms with E-state index in [1.807, 2.05) is 12.1 Å². The first-order valence-electron chi connectivity index (χ1n) is 7.07. The second kappa shape index (κ2) is 5.44. The summed E-state index contributed by atoms with van der Waals surface area (Å²) in [6, 6.07) is 8.01. The first-order chi connectivity index (χ1) is 9.29. The van der Waals surface area contributed by atoms with Crippen molar-refractivity contribution in [3.8, 4) is 0 Å². The molecule has 1 heterocycles. The molecule has 110 valence electrons. The number of benzene rings is 1. The Kier molecular flexibility index (Phi) is 4.04. The standard InChI is InChI=1S/C16H24N2O2/c1-16(2,3)13-7-5-12(6-8-13)14(19)11-18-10-9-17(4)15(18)20/h5-8,14,19H,9-11H2,1-4H3. The van der Waals surface area contributed by atoms with E-state index in [0.29, 0.717) is 13.1 Å². The van der Waals surface area contributed by atoms with E-state index in [2.05, 4.69) is 32.9 Å². The van der Waals surface area contributed by atoms with Gasteiger partial charge in [0.2, 0.25) is 0 Å². The van der Waals surface area contributed by atoms with Gasteiger partial charge < -0.3 is 14.9 Å². The third kappa shape index (κ3) is 3.12. The monoisotopic (exact) mass is 276 g/mol. The summed E-state index contributed by atoms with van der Waals surface area (Å²) in [5, 5.41) is 10.3. The Morgan fingerprint density at radius 3 is 2.25 bits per heavy atom. The molecule has 0 radical (unpaired) electrons. The van der Waals surface area contributed by atoms with Crippen molar-refractivity contribution in [2.75, 3.05) is 26.7 Å². The van der Waals surface area contributed by atoms with Gasteiger partial charge in [0.15, 0.2) is 0 Å². The average Bonchev–Trinajstić information content (AvgIpc) is 2.70. The number of carbonyl (C=O) groups is 1. The number of rotatable bonds is 3. The second-order valence-electron chi connectivity index (χ2n) is 6.54. The molecule has 1 atom stereocenters. The minimum atomic E-state index is -0.625. The van der Waals surface area contributed by atoms with Crippen LogP contribution in [0.25, 0.3) is 0 Å². The van der Waals surface area contributed by atoms with Crippen molar-refractivity contribution >= 4 is 6.03 Å². The van der Waals surface area contributed by atoms with Gasteiger partial charge in [0.25, 0.3) is 0 Å². The second-order valence-corrected chi connectivity index (χ2v) is 6.54. The highest BCUT2D eigenvalue weighted by Gasteiger charge is 2.27. The summed E-state index contributed by atoms with van der Waals surface area (Å²) in [5.41, 5.74) is 2.21. The van der Waals surface area contributed by atoms with E-state index in [1.54, 1.807) is 16.8 Å². The molecule has 0 saturated carbocycles. The maximum Gasteiger partial charge on any atom is 0.319 e. The van der Waals surface area contributed by atoms with Crippen LogP contribution in [0.2, 0.25) is 0 Å². The third-order valence-corrected chi connectivity index (χ3v) is 3.86. The van der Waals surface area contributed by atoms with Crippen molar-refractivity contribution in [1.82, 2.24) is 9.80 Å². The molecule has 1 aromatic rings. The van der Waals surface area contributed by atoms with Crippen LogP contribution in [0, 0.1) is 0 Å². The fourth-order valence-corrected chi connectivity index (χ4v) is 2.39. The van der Waals surface area contributed by atoms with Crippen molar-refractivity contribution in [2.24, 2.45) is 0 Å². The summed E-state index contributed by atoms with van der Waals surface area (Å²) in [7, 11) is 1.78. The number of hydrogen-bond donors (Lipinski definition) is 1. The first kappa shape index (κ1) is 14.9. The zero-order chi connectivity index (χ0) is 14.9. The van der Waals surface area contributed by atoms with Crippen LogP contribution < -0.4 is 0 Å². The Hall–Kier alpha value is -1.55. The van der Waals surface area contributed by atoms with Crippen LogP contribution in [-0.4, -0.2) is 47.6 Å². The Bertz CT molecular complexity index is 476. The molecule has 0 aromatic heterocycles. The van der Waals surface area contributed by atoms with Crippen LogP contribution in [0.3, 0.4) is 0 Å². The fourth-order valence-electron chi connectivity index (χ4n) is 2.39. The van der Waals surface area contributed by atoms with Gasteiger partial charge in [-0.2, -0.15) is 0 Å². The molecule has 1 fully saturated rings. The molecule has 4 nitrogen and oxygen atoms in total. The molecule has 20 heavy (non-hydrogen) atoms. The molecule has 0 bridgehead atoms. The number of β-amino-alcohol motifs (C(OH)–C–C–N with tert-alkyl or cyclic N) is 1. The van der Waals surface area contributed by atoms with Crippen LogP contribution in [0.5, 0.6) is 0 Å². The molecule has 1 unspecified atom stereocenters. The minimum absolute atomic E-state index is 0.00429. The van der Waals surface area contributed by atoms with Gasteiger partial charge in [0.1, 0.15) is 0 Å². The van der Waals surface area contributed by atoms with Gasteiger partial charge in [0.05, 0.1) is 12.6 Å². The minimum Gasteiger partial charge on any atom is -0.387 e. The van der Waals surface area contributed by atoms with E-state index in [-0.39, 0.29) is 11.4 Å². The number of aliphatic hydroxyl groups excluding tert-OH is 1. The summed E-state index contributed by atoms with van der Waals surface area (Å²) in [6.07, 6.45) is -0.625. The molecule has 4 heteroatoms. The normalized spacial score (nSPS) is 17.8. The molecular weight excluding hydrogens is 252 g/mol. The lowest BCUT2D eigenvalue weighted by Crippen LogP contribution is -2.32. The van der Waals surface area contributed by atoms with Gasteiger partial charge in [0, 0.05) is 20.1 Å². The van der Waals surface area contributed by atoms with E-state index in [1.165, 1.54) is 5.56 Å². The number of aliphatic hydroxyl groups is 1. The Labute approximate surface area is 121 Å². The summed E-state index contributed by atoms with van der Waals surface area (Å²) < 4.78 is 0. The van der Waals surface area contributed by atoms with Gasteiger partial charge in [-0.25, -0.2) is 4.79 Å². The molecule has 2 rings (SSSR count). The van der Waals surface area contributed by atoms with E-state index in [0.717, 1.165) is 12.1 Å². The third-order valence-electron chi connectivity index (χ3n) is 3.86. The summed E-state index contributed by atoms with van der Waals surface area (Å²) in [6.45, 7) is 8.27. The Balaban J connectivity index is 2.03. The van der Waals surface area contributed by atoms with E-state index in [9.17, 15) is 9.90 Å². The largest absolute Gasteiger partial charge is 0.387 e. The molecule has 1 saturated heterocycles. The van der Waals surface area contributed by atoms with Crippen LogP contribution in [-0.2, 0) is 5.41 Å². The van der Waals surface area contributed by atoms with Gasteiger partial charge >= 0.3 is 6.03 Å². The summed E-state index contributed by atoms with van der Waals surface area (Å²) in [5.74, 6) is 0. The first-order valence-corrected chi connectivity index (χ1v) is 7.07. The van der Waals surface area contributed by atoms with E-state index in [4.69, 9.17) is 0 Å². The molecule has 1 aliphatic rings. The van der Waals surface area contributed by atoms with Crippen molar-refractivity contribution in [2.45, 2.75) is 32.3 Å². The predicted octanol–water partition coefficient (Wildman–Crippen LogP) is 2.38. The van der Waals surface area contributed by atoms with Crippen LogP contribution >= 0.6 is 0 Å². The van der Waals surface area contributed by atoms with Crippen molar-refractivity contribution in [3.05, 3.63) is 35.4 Å². The molecular formula is C16H24N2O2. The van der Waals surface area contributed by atoms with Gasteiger partial charge in [-0.15, -0.1) is 0 Å². The highest BCUT2D eigenvalue weighted by Crippen LogP contribution is 2.24. The lowest BCUT2D eigenvalue weighted by molar-refractivity contribution is 0.129. The van der Waals surface area contributed by atoms with Crippen molar-refractivity contribution in [1.29, 1.82) is 0 Å². The zero-order valence-electron chi connectivity index (χ0n) is 12.8. The number of nitrogens with zero attached hydrogens (tertiary/aromatic N) is 2. The lowest BCUT2D eigenvalue weighted by Gasteiger charge is -2.22. The molecule has 2 amide bonds. The highest BCUT2D eigenvalue weighted by molar-refractivity contribution is 5.76. The lowest BCUT2D eigenvalue weighted by atomic mass is 9.86.